The SMILES string of the molecule is CNC(=O)c1cc2c(c(F)c1-c1c(Cl)c(F)cc3c1C[C@](c1ccccc1)([C@@H]1CCCN1C(=O)OC(C)(C)C)O3)CCC2C#N. The fourth-order valence-electron chi connectivity index (χ4n) is 7.12. The highest BCUT2D eigenvalue weighted by Crippen LogP contribution is 2.54. The third-order valence-electron chi connectivity index (χ3n) is 9.04. The molecule has 1 fully saturated rings. The molecule has 234 valence electrons. The van der Waals surface area contributed by atoms with Gasteiger partial charge in [0, 0.05) is 42.8 Å². The van der Waals surface area contributed by atoms with E-state index < -0.39 is 46.8 Å². The lowest BCUT2D eigenvalue weighted by Crippen LogP contribution is -2.53. The molecule has 2 heterocycles. The Morgan fingerprint density at radius 2 is 1.87 bits per heavy atom. The predicted molar refractivity (Wildman–Crippen MR) is 165 cm³/mol. The summed E-state index contributed by atoms with van der Waals surface area (Å²) in [6.45, 7) is 5.85. The maximum Gasteiger partial charge on any atom is 0.410 e. The third kappa shape index (κ3) is 5.09. The molecule has 1 N–H and O–H groups in total. The Labute approximate surface area is 266 Å². The van der Waals surface area contributed by atoms with E-state index in [0.29, 0.717) is 48.9 Å². The van der Waals surface area contributed by atoms with Crippen LogP contribution in [0.2, 0.25) is 5.02 Å². The maximum atomic E-state index is 16.7. The second kappa shape index (κ2) is 11.3. The molecule has 3 aromatic carbocycles. The molecule has 3 atom stereocenters. The van der Waals surface area contributed by atoms with Crippen LogP contribution in [0.15, 0.2) is 42.5 Å². The smallest absolute Gasteiger partial charge is 0.410 e. The number of likely N-dealkylation sites (tertiary alicyclic amines) is 1. The molecular weight excluding hydrogens is 600 g/mol. The number of fused-ring (bicyclic) bond motifs is 2. The van der Waals surface area contributed by atoms with Gasteiger partial charge in [0.25, 0.3) is 5.91 Å². The summed E-state index contributed by atoms with van der Waals surface area (Å²) in [5.74, 6) is -2.53. The van der Waals surface area contributed by atoms with Gasteiger partial charge in [-0.05, 0) is 69.2 Å². The lowest BCUT2D eigenvalue weighted by molar-refractivity contribution is -0.0216. The van der Waals surface area contributed by atoms with Gasteiger partial charge in [-0.1, -0.05) is 41.9 Å². The first-order valence-electron chi connectivity index (χ1n) is 15.1. The minimum atomic E-state index is -1.19. The molecule has 2 amide bonds. The van der Waals surface area contributed by atoms with Crippen molar-refractivity contribution in [2.75, 3.05) is 13.6 Å². The van der Waals surface area contributed by atoms with E-state index >= 15 is 8.78 Å². The van der Waals surface area contributed by atoms with Crippen LogP contribution in [0.3, 0.4) is 0 Å². The molecule has 10 heteroatoms. The highest BCUT2D eigenvalue weighted by molar-refractivity contribution is 6.34. The van der Waals surface area contributed by atoms with Crippen molar-refractivity contribution in [3.05, 3.63) is 86.9 Å². The predicted octanol–water partition coefficient (Wildman–Crippen LogP) is 7.43. The van der Waals surface area contributed by atoms with E-state index in [4.69, 9.17) is 21.1 Å². The first-order valence-corrected chi connectivity index (χ1v) is 15.5. The number of carbonyl (C=O) groups is 2. The van der Waals surface area contributed by atoms with Gasteiger partial charge in [-0.3, -0.25) is 4.79 Å². The van der Waals surface area contributed by atoms with Crippen molar-refractivity contribution in [3.63, 3.8) is 0 Å². The van der Waals surface area contributed by atoms with Crippen molar-refractivity contribution in [3.8, 4) is 22.9 Å². The molecule has 2 aliphatic heterocycles. The Bertz CT molecular complexity index is 1750. The molecule has 3 aromatic rings. The van der Waals surface area contributed by atoms with Crippen LogP contribution in [-0.2, 0) is 23.2 Å². The van der Waals surface area contributed by atoms with E-state index in [0.717, 1.165) is 5.56 Å². The van der Waals surface area contributed by atoms with E-state index in [2.05, 4.69) is 11.4 Å². The van der Waals surface area contributed by atoms with E-state index in [9.17, 15) is 14.9 Å². The standard InChI is InChI=1S/C35H34ClF2N3O4/c1-34(2,3)45-33(43)41-14-8-11-27(41)35(20-9-6-5-7-10-20)17-24-26(44-35)16-25(37)30(36)28(24)29-23(32(42)40-4)15-22-19(18-39)12-13-21(22)31(29)38/h5-7,9-10,15-16,19,27H,8,11-14,17H2,1-4H3,(H,40,42)/t19?,27-,35-/m0/s1. The Morgan fingerprint density at radius 3 is 2.53 bits per heavy atom. The summed E-state index contributed by atoms with van der Waals surface area (Å²) >= 11 is 6.69. The fourth-order valence-corrected chi connectivity index (χ4v) is 7.39. The van der Waals surface area contributed by atoms with Crippen molar-refractivity contribution in [2.45, 2.75) is 76.0 Å². The van der Waals surface area contributed by atoms with Gasteiger partial charge in [0.05, 0.1) is 28.6 Å². The highest BCUT2D eigenvalue weighted by atomic mass is 35.5. The van der Waals surface area contributed by atoms with Gasteiger partial charge in [-0.15, -0.1) is 0 Å². The summed E-state index contributed by atoms with van der Waals surface area (Å²) in [6.07, 6.45) is 1.63. The van der Waals surface area contributed by atoms with Gasteiger partial charge in [-0.2, -0.15) is 5.26 Å². The van der Waals surface area contributed by atoms with Crippen molar-refractivity contribution in [1.29, 1.82) is 5.26 Å². The molecular formula is C35H34ClF2N3O4. The normalized spacial score (nSPS) is 22.0. The topological polar surface area (TPSA) is 91.7 Å². The first kappa shape index (κ1) is 30.8. The summed E-state index contributed by atoms with van der Waals surface area (Å²) in [5.41, 5.74) is -0.0926. The summed E-state index contributed by atoms with van der Waals surface area (Å²) < 4.78 is 44.9. The summed E-state index contributed by atoms with van der Waals surface area (Å²) in [7, 11) is 1.42. The van der Waals surface area contributed by atoms with Gasteiger partial charge in [0.1, 0.15) is 23.0 Å². The maximum absolute atomic E-state index is 16.7. The number of amides is 2. The quantitative estimate of drug-likeness (QED) is 0.323. The Morgan fingerprint density at radius 1 is 1.13 bits per heavy atom. The van der Waals surface area contributed by atoms with Crippen LogP contribution in [0.1, 0.15) is 78.6 Å². The number of ether oxygens (including phenoxy) is 2. The largest absolute Gasteiger partial charge is 0.480 e. The molecule has 3 aliphatic rings. The zero-order valence-electron chi connectivity index (χ0n) is 25.6. The van der Waals surface area contributed by atoms with Crippen LogP contribution in [0.5, 0.6) is 5.75 Å². The molecule has 6 rings (SSSR count). The van der Waals surface area contributed by atoms with E-state index in [-0.39, 0.29) is 33.9 Å². The second-order valence-electron chi connectivity index (χ2n) is 12.9. The van der Waals surface area contributed by atoms with E-state index in [1.807, 2.05) is 30.3 Å². The monoisotopic (exact) mass is 633 g/mol. The number of hydrogen-bond acceptors (Lipinski definition) is 5. The average Bonchev–Trinajstić information content (AvgIpc) is 3.75. The summed E-state index contributed by atoms with van der Waals surface area (Å²) in [5, 5.41) is 11.9. The van der Waals surface area contributed by atoms with Crippen molar-refractivity contribution < 1.29 is 27.8 Å². The summed E-state index contributed by atoms with van der Waals surface area (Å²) in [4.78, 5) is 28.4. The molecule has 0 radical (unpaired) electrons. The average molecular weight is 634 g/mol. The molecule has 0 saturated carbocycles. The fraction of sp³-hybridized carbons (Fsp3) is 0.400. The van der Waals surface area contributed by atoms with Gasteiger partial charge < -0.3 is 19.7 Å². The third-order valence-corrected chi connectivity index (χ3v) is 9.41. The minimum Gasteiger partial charge on any atom is -0.480 e. The van der Waals surface area contributed by atoms with Crippen LogP contribution >= 0.6 is 11.6 Å². The molecule has 1 aliphatic carbocycles. The molecule has 1 saturated heterocycles. The Balaban J connectivity index is 1.57. The van der Waals surface area contributed by atoms with Gasteiger partial charge >= 0.3 is 6.09 Å². The Hall–Kier alpha value is -4.16. The molecule has 0 aromatic heterocycles. The van der Waals surface area contributed by atoms with Crippen LogP contribution in [0, 0.1) is 23.0 Å². The molecule has 7 nitrogen and oxygen atoms in total. The molecule has 0 spiro atoms. The molecule has 1 unspecified atom stereocenters. The van der Waals surface area contributed by atoms with Gasteiger partial charge in [-0.25, -0.2) is 13.6 Å². The van der Waals surface area contributed by atoms with Gasteiger partial charge in [0.2, 0.25) is 0 Å². The second-order valence-corrected chi connectivity index (χ2v) is 13.2. The number of carbonyl (C=O) groups excluding carboxylic acids is 2. The summed E-state index contributed by atoms with van der Waals surface area (Å²) in [6, 6.07) is 13.8. The molecule has 0 bridgehead atoms. The minimum absolute atomic E-state index is 0.0330. The lowest BCUT2D eigenvalue weighted by atomic mass is 9.79. The van der Waals surface area contributed by atoms with Crippen LogP contribution in [0.4, 0.5) is 13.6 Å². The van der Waals surface area contributed by atoms with Crippen LogP contribution in [0.25, 0.3) is 11.1 Å². The number of benzene rings is 3. The van der Waals surface area contributed by atoms with Crippen LogP contribution in [-0.4, -0.2) is 42.1 Å². The number of rotatable bonds is 4. The number of nitrogens with zero attached hydrogens (tertiary/aromatic N) is 2. The number of nitriles is 1. The molecule has 45 heavy (non-hydrogen) atoms. The number of halogens is 3. The van der Waals surface area contributed by atoms with Crippen molar-refractivity contribution >= 4 is 23.6 Å². The van der Waals surface area contributed by atoms with Crippen molar-refractivity contribution in [1.82, 2.24) is 10.2 Å². The first-order chi connectivity index (χ1) is 21.4. The zero-order valence-corrected chi connectivity index (χ0v) is 26.4. The lowest BCUT2D eigenvalue weighted by Gasteiger charge is -2.40. The van der Waals surface area contributed by atoms with E-state index in [1.54, 1.807) is 25.7 Å². The highest BCUT2D eigenvalue weighted by Gasteiger charge is 2.54. The van der Waals surface area contributed by atoms with Crippen molar-refractivity contribution in [2.24, 2.45) is 0 Å². The van der Waals surface area contributed by atoms with Crippen LogP contribution < -0.4 is 10.1 Å². The number of hydrogen-bond donors (Lipinski definition) is 1. The van der Waals surface area contributed by atoms with Gasteiger partial charge in [0.15, 0.2) is 5.60 Å². The number of nitrogens with one attached hydrogen (secondary N) is 1. The van der Waals surface area contributed by atoms with E-state index in [1.165, 1.54) is 19.2 Å². The zero-order chi connectivity index (χ0) is 32.3. The Kier molecular flexibility index (Phi) is 7.77.